The van der Waals surface area contributed by atoms with Crippen molar-refractivity contribution >= 4 is 0 Å². The normalized spacial score (nSPS) is 12.3. The molecule has 0 saturated heterocycles. The third-order valence-electron chi connectivity index (χ3n) is 18.6. The van der Waals surface area contributed by atoms with Crippen LogP contribution in [0.15, 0.2) is 0 Å². The molecule has 0 aromatic rings. The van der Waals surface area contributed by atoms with Crippen molar-refractivity contribution in [1.29, 1.82) is 0 Å². The van der Waals surface area contributed by atoms with E-state index in [4.69, 9.17) is 61.6 Å². The number of nitrogens with one attached hydrogen (secondary N) is 7. The summed E-state index contributed by atoms with van der Waals surface area (Å²) in [7, 11) is 0. The van der Waals surface area contributed by atoms with Gasteiger partial charge in [-0.1, -0.05) is 224 Å². The van der Waals surface area contributed by atoms with Crippen molar-refractivity contribution in [2.24, 2.45) is 47.3 Å². The van der Waals surface area contributed by atoms with E-state index in [2.05, 4.69) is 231 Å². The van der Waals surface area contributed by atoms with Crippen LogP contribution < -0.4 is 37.2 Å². The largest absolute Gasteiger partial charge is 0.378 e. The molecule has 1 unspecified atom stereocenters. The lowest BCUT2D eigenvalue weighted by molar-refractivity contribution is -0.198. The van der Waals surface area contributed by atoms with Crippen molar-refractivity contribution in [2.45, 2.75) is 574 Å². The van der Waals surface area contributed by atoms with Crippen LogP contribution in [0.3, 0.4) is 0 Å². The van der Waals surface area contributed by atoms with Crippen molar-refractivity contribution in [1.82, 2.24) is 37.2 Å². The van der Waals surface area contributed by atoms with Crippen molar-refractivity contribution in [2.75, 3.05) is 112 Å². The third kappa shape index (κ3) is 127. The smallest absolute Gasteiger partial charge is 0.138 e. The molecule has 0 rings (SSSR count). The Hall–Kier alpha value is -0.800. The standard InChI is InChI=1S/C17H39N3.C16H35NO3.C16H34O4.C14H32N2.C14H31NO.C14H30O2.C13H28O3.7CH4/c1-13(2)9-10-17(20-16(7)8,11-18-14(3)4)12-19-15(5)6;1-12(2)17-16(9-18-13(3)4,10-19-14(5)6)11-20-15(7)8;1-12(2)17-9-16(20-15(7)8,10-18-13(3)4)11-19-14(5)6;3*1-11(2)7-8-14(9-15-12(3)4)10-16-13(5)6;1-10(2)14-7-13(8-15-11(3)4)9-16-12(5)6;;;;;;;/h13-16,18-20H,9-12H2,1-8H3;12-15,17H,9-11H2,1-8H3;12-15H,9-11H2,1-8H3;11-16H,7-10H2,1-6H3;11-15H,7-10H2,1-6H3;11-14H,7-10H2,1-6H3;10-13H,7-9H2,1-6H3;7*1H4. The minimum Gasteiger partial charge on any atom is -0.378 e. The van der Waals surface area contributed by atoms with Gasteiger partial charge in [-0.3, -0.25) is 0 Å². The van der Waals surface area contributed by atoms with E-state index in [9.17, 15) is 0 Å². The number of hydrogen-bond acceptors (Lipinski definition) is 20. The maximum atomic E-state index is 6.11. The Labute approximate surface area is 827 Å². The Balaban J connectivity index is -0.000000101. The van der Waals surface area contributed by atoms with Gasteiger partial charge in [0.25, 0.3) is 0 Å². The van der Waals surface area contributed by atoms with Crippen LogP contribution in [0.25, 0.3) is 0 Å². The average molecular weight is 1900 g/mol. The molecule has 0 saturated carbocycles. The zero-order valence-electron chi connectivity index (χ0n) is 92.2. The highest BCUT2D eigenvalue weighted by atomic mass is 16.6. The lowest BCUT2D eigenvalue weighted by Gasteiger charge is -2.39. The van der Waals surface area contributed by atoms with Gasteiger partial charge < -0.3 is 98.8 Å². The summed E-state index contributed by atoms with van der Waals surface area (Å²) in [5.41, 5.74) is -0.701. The van der Waals surface area contributed by atoms with Crippen LogP contribution in [-0.2, 0) is 61.6 Å². The van der Waals surface area contributed by atoms with Crippen LogP contribution >= 0.6 is 0 Å². The summed E-state index contributed by atoms with van der Waals surface area (Å²) in [4.78, 5) is 0. The molecule has 0 heterocycles. The van der Waals surface area contributed by atoms with Gasteiger partial charge in [0.15, 0.2) is 0 Å². The van der Waals surface area contributed by atoms with Gasteiger partial charge in [0.2, 0.25) is 0 Å². The molecular weight excluding hydrogens is 1640 g/mol. The van der Waals surface area contributed by atoms with E-state index in [-0.39, 0.29) is 124 Å². The second-order valence-corrected chi connectivity index (χ2v) is 43.0. The first-order valence-electron chi connectivity index (χ1n) is 50.4. The van der Waals surface area contributed by atoms with E-state index in [0.717, 1.165) is 82.1 Å². The predicted octanol–water partition coefficient (Wildman–Crippen LogP) is 27.3. The monoisotopic (exact) mass is 1900 g/mol. The van der Waals surface area contributed by atoms with Gasteiger partial charge in [-0.05, 0) is 261 Å². The van der Waals surface area contributed by atoms with Gasteiger partial charge in [0, 0.05) is 79.3 Å². The molecule has 1 atom stereocenters. The maximum Gasteiger partial charge on any atom is 0.138 e. The van der Waals surface area contributed by atoms with Crippen molar-refractivity contribution in [3.63, 3.8) is 0 Å². The van der Waals surface area contributed by atoms with Gasteiger partial charge >= 0.3 is 0 Å². The summed E-state index contributed by atoms with van der Waals surface area (Å²) in [5, 5.41) is 25.3. The molecule has 0 aliphatic heterocycles. The lowest BCUT2D eigenvalue weighted by Crippen LogP contribution is -2.61. The molecule has 0 aromatic carbocycles. The first kappa shape index (κ1) is 161. The van der Waals surface area contributed by atoms with E-state index in [1.54, 1.807) is 0 Å². The minimum absolute atomic E-state index is 0. The first-order valence-corrected chi connectivity index (χ1v) is 50.4. The molecule has 20 nitrogen and oxygen atoms in total. The first-order chi connectivity index (χ1) is 57.2. The average Bonchev–Trinajstić information content (AvgIpc) is 0.863. The fraction of sp³-hybridized carbons (Fsp3) is 1.00. The van der Waals surface area contributed by atoms with Crippen molar-refractivity contribution < 1.29 is 61.6 Å². The Morgan fingerprint density at radius 3 is 0.611 bits per heavy atom. The zero-order chi connectivity index (χ0) is 97.5. The molecule has 0 aromatic heterocycles. The Morgan fingerprint density at radius 1 is 0.183 bits per heavy atom. The summed E-state index contributed by atoms with van der Waals surface area (Å²) in [6.07, 6.45) is 13.1. The molecule has 7 N–H and O–H groups in total. The molecule has 0 bridgehead atoms. The van der Waals surface area contributed by atoms with E-state index in [0.29, 0.717) is 138 Å². The van der Waals surface area contributed by atoms with Gasteiger partial charge in [-0.15, -0.1) is 0 Å². The van der Waals surface area contributed by atoms with E-state index < -0.39 is 5.60 Å². The van der Waals surface area contributed by atoms with E-state index in [1.165, 1.54) is 51.4 Å². The third-order valence-corrected chi connectivity index (χ3v) is 18.6. The van der Waals surface area contributed by atoms with E-state index >= 15 is 0 Å². The van der Waals surface area contributed by atoms with E-state index in [1.807, 2.05) is 138 Å². The summed E-state index contributed by atoms with van der Waals surface area (Å²) in [6, 6.07) is 3.67. The number of hydrogen-bond donors (Lipinski definition) is 7. The zero-order valence-corrected chi connectivity index (χ0v) is 92.2. The summed E-state index contributed by atoms with van der Waals surface area (Å²) < 4.78 is 75.0. The molecule has 814 valence electrons. The molecule has 0 aliphatic rings. The highest BCUT2D eigenvalue weighted by Gasteiger charge is 2.37. The molecule has 131 heavy (non-hydrogen) atoms. The van der Waals surface area contributed by atoms with Crippen LogP contribution in [0.1, 0.15) is 436 Å². The number of rotatable bonds is 69. The second kappa shape index (κ2) is 99.3. The molecule has 0 spiro atoms. The van der Waals surface area contributed by atoms with Crippen LogP contribution in [0.2, 0.25) is 0 Å². The quantitative estimate of drug-likeness (QED) is 0.0302. The highest BCUT2D eigenvalue weighted by molar-refractivity contribution is 4.95. The predicted molar refractivity (Wildman–Crippen MR) is 587 cm³/mol. The van der Waals surface area contributed by atoms with Crippen LogP contribution in [0.5, 0.6) is 0 Å². The molecule has 0 radical (unpaired) electrons. The fourth-order valence-electron chi connectivity index (χ4n) is 11.7. The Bertz CT molecular complexity index is 1690. The van der Waals surface area contributed by atoms with Gasteiger partial charge in [0.1, 0.15) is 5.60 Å². The van der Waals surface area contributed by atoms with Crippen LogP contribution in [-0.4, -0.2) is 250 Å². The van der Waals surface area contributed by atoms with Crippen molar-refractivity contribution in [3.8, 4) is 0 Å². The van der Waals surface area contributed by atoms with Crippen molar-refractivity contribution in [3.05, 3.63) is 0 Å². The van der Waals surface area contributed by atoms with Gasteiger partial charge in [0.05, 0.1) is 164 Å². The van der Waals surface area contributed by atoms with Gasteiger partial charge in [-0.2, -0.15) is 0 Å². The highest BCUT2D eigenvalue weighted by Crippen LogP contribution is 2.23. The minimum atomic E-state index is -0.549. The molecule has 0 amide bonds. The molecular formula is C111H257N7O13. The molecule has 20 heteroatoms. The lowest BCUT2D eigenvalue weighted by atomic mass is 9.88. The fourth-order valence-corrected chi connectivity index (χ4v) is 11.7. The maximum absolute atomic E-state index is 6.11. The summed E-state index contributed by atoms with van der Waals surface area (Å²) in [5.74, 6) is 5.43. The Kier molecular flexibility index (Phi) is 122. The number of ether oxygens (including phenoxy) is 13. The summed E-state index contributed by atoms with van der Waals surface area (Å²) in [6.45, 7) is 116. The van der Waals surface area contributed by atoms with Gasteiger partial charge in [-0.25, -0.2) is 0 Å². The Morgan fingerprint density at radius 2 is 0.389 bits per heavy atom. The van der Waals surface area contributed by atoms with Crippen LogP contribution in [0.4, 0.5) is 0 Å². The topological polar surface area (TPSA) is 204 Å². The molecule has 0 fully saturated rings. The second-order valence-electron chi connectivity index (χ2n) is 43.0. The summed E-state index contributed by atoms with van der Waals surface area (Å²) >= 11 is 0. The van der Waals surface area contributed by atoms with Crippen LogP contribution in [0, 0.1) is 47.3 Å². The SMILES string of the molecule is C.C.C.C.C.C.C.CC(C)CCC(CNC(C)C)(CNC(C)C)NC(C)C.CC(C)CCC(CNC(C)C)CNC(C)C.CC(C)CCC(CNC(C)C)COC(C)C.CC(C)CCC(COC(C)C)COC(C)C.CC(C)NC(COC(C)C)(COC(C)C)COC(C)C.CC(C)OCC(COC(C)C)(COC(C)C)OC(C)C.CC(C)OCC(COC(C)C)COC(C)C. The molecule has 0 aliphatic carbocycles.